The van der Waals surface area contributed by atoms with Crippen LogP contribution in [0.15, 0.2) is 48.5 Å². The van der Waals surface area contributed by atoms with Gasteiger partial charge in [0, 0.05) is 36.4 Å². The molecule has 0 aliphatic carbocycles. The van der Waals surface area contributed by atoms with Crippen molar-refractivity contribution < 1.29 is 9.59 Å². The number of hydrogen-bond acceptors (Lipinski definition) is 2. The van der Waals surface area contributed by atoms with Gasteiger partial charge in [-0.05, 0) is 62.7 Å². The molecule has 0 unspecified atom stereocenters. The van der Waals surface area contributed by atoms with Gasteiger partial charge >= 0.3 is 6.03 Å². The Morgan fingerprint density at radius 2 is 1.56 bits per heavy atom. The molecule has 2 rings (SSSR count). The number of amides is 3. The summed E-state index contributed by atoms with van der Waals surface area (Å²) in [5.41, 5.74) is 2.25. The summed E-state index contributed by atoms with van der Waals surface area (Å²) in [5.74, 6) is -0.00800. The van der Waals surface area contributed by atoms with Crippen LogP contribution in [-0.2, 0) is 0 Å². The van der Waals surface area contributed by atoms with Gasteiger partial charge in [0.1, 0.15) is 0 Å². The Labute approximate surface area is 165 Å². The van der Waals surface area contributed by atoms with Crippen LogP contribution in [0.5, 0.6) is 0 Å². The van der Waals surface area contributed by atoms with Crippen molar-refractivity contribution in [1.82, 2.24) is 9.80 Å². The molecular formula is C21H26ClN3O2. The number of halogens is 1. The first-order valence-electron chi connectivity index (χ1n) is 9.06. The molecule has 0 spiro atoms. The molecule has 0 aliphatic rings. The zero-order chi connectivity index (χ0) is 20.0. The van der Waals surface area contributed by atoms with Crippen molar-refractivity contribution in [3.8, 4) is 0 Å². The smallest absolute Gasteiger partial charge is 0.322 e. The molecule has 6 heteroatoms. The van der Waals surface area contributed by atoms with E-state index < -0.39 is 0 Å². The van der Waals surface area contributed by atoms with E-state index in [0.717, 1.165) is 5.56 Å². The number of benzene rings is 2. The number of anilines is 1. The zero-order valence-corrected chi connectivity index (χ0v) is 17.0. The number of hydrogen-bond donors (Lipinski definition) is 1. The summed E-state index contributed by atoms with van der Waals surface area (Å²) in [4.78, 5) is 28.2. The Hall–Kier alpha value is -2.53. The minimum Gasteiger partial charge on any atom is -0.339 e. The van der Waals surface area contributed by atoms with Gasteiger partial charge in [-0.15, -0.1) is 0 Å². The third kappa shape index (κ3) is 5.23. The van der Waals surface area contributed by atoms with Crippen LogP contribution in [0.25, 0.3) is 0 Å². The van der Waals surface area contributed by atoms with E-state index in [1.807, 2.05) is 45.0 Å². The highest BCUT2D eigenvalue weighted by molar-refractivity contribution is 6.30. The Kier molecular flexibility index (Phi) is 7.25. The minimum atomic E-state index is -0.222. The standard InChI is InChI=1S/C21H26ClN3O2/c1-5-25(6-2)20(26)17-9-13-19(14-10-17)23-21(27)24(4)15(3)16-7-11-18(22)12-8-16/h7-15H,5-6H2,1-4H3,(H,23,27)/t15-/m1/s1. The fourth-order valence-electron chi connectivity index (χ4n) is 2.74. The molecule has 0 saturated carbocycles. The number of rotatable bonds is 6. The first-order valence-corrected chi connectivity index (χ1v) is 9.43. The highest BCUT2D eigenvalue weighted by Crippen LogP contribution is 2.22. The van der Waals surface area contributed by atoms with Crippen molar-refractivity contribution in [1.29, 1.82) is 0 Å². The lowest BCUT2D eigenvalue weighted by Gasteiger charge is -2.25. The molecule has 0 bridgehead atoms. The molecule has 0 radical (unpaired) electrons. The largest absolute Gasteiger partial charge is 0.339 e. The molecule has 5 nitrogen and oxygen atoms in total. The Morgan fingerprint density at radius 3 is 2.07 bits per heavy atom. The van der Waals surface area contributed by atoms with Gasteiger partial charge in [0.25, 0.3) is 5.91 Å². The molecule has 0 fully saturated rings. The SMILES string of the molecule is CCN(CC)C(=O)c1ccc(NC(=O)N(C)[C@H](C)c2ccc(Cl)cc2)cc1. The summed E-state index contributed by atoms with van der Waals surface area (Å²) in [7, 11) is 1.74. The van der Waals surface area contributed by atoms with E-state index in [1.165, 1.54) is 0 Å². The molecule has 1 N–H and O–H groups in total. The number of nitrogens with one attached hydrogen (secondary N) is 1. The fraction of sp³-hybridized carbons (Fsp3) is 0.333. The molecule has 0 saturated heterocycles. The summed E-state index contributed by atoms with van der Waals surface area (Å²) in [5, 5.41) is 3.53. The topological polar surface area (TPSA) is 52.7 Å². The third-order valence-electron chi connectivity index (χ3n) is 4.69. The second kappa shape index (κ2) is 9.42. The van der Waals surface area contributed by atoms with E-state index in [-0.39, 0.29) is 18.0 Å². The van der Waals surface area contributed by atoms with Gasteiger partial charge in [0.2, 0.25) is 0 Å². The van der Waals surface area contributed by atoms with Gasteiger partial charge in [-0.1, -0.05) is 23.7 Å². The molecule has 3 amide bonds. The second-order valence-corrected chi connectivity index (χ2v) is 6.76. The summed E-state index contributed by atoms with van der Waals surface area (Å²) < 4.78 is 0. The van der Waals surface area contributed by atoms with Crippen molar-refractivity contribution in [2.75, 3.05) is 25.5 Å². The van der Waals surface area contributed by atoms with Crippen LogP contribution in [0.3, 0.4) is 0 Å². The van der Waals surface area contributed by atoms with Crippen LogP contribution >= 0.6 is 11.6 Å². The van der Waals surface area contributed by atoms with Gasteiger partial charge in [0.15, 0.2) is 0 Å². The summed E-state index contributed by atoms with van der Waals surface area (Å²) in [6.45, 7) is 7.19. The molecule has 27 heavy (non-hydrogen) atoms. The van der Waals surface area contributed by atoms with E-state index in [1.54, 1.807) is 41.1 Å². The van der Waals surface area contributed by atoms with Crippen molar-refractivity contribution in [2.24, 2.45) is 0 Å². The number of nitrogens with zero attached hydrogens (tertiary/aromatic N) is 2. The van der Waals surface area contributed by atoms with E-state index in [0.29, 0.717) is 29.4 Å². The fourth-order valence-corrected chi connectivity index (χ4v) is 2.87. The molecule has 0 aromatic heterocycles. The lowest BCUT2D eigenvalue weighted by molar-refractivity contribution is 0.0773. The summed E-state index contributed by atoms with van der Waals surface area (Å²) in [6.07, 6.45) is 0. The maximum atomic E-state index is 12.5. The monoisotopic (exact) mass is 387 g/mol. The van der Waals surface area contributed by atoms with Gasteiger partial charge in [-0.3, -0.25) is 4.79 Å². The first kappa shape index (κ1) is 20.8. The van der Waals surface area contributed by atoms with Crippen LogP contribution < -0.4 is 5.32 Å². The van der Waals surface area contributed by atoms with Crippen LogP contribution in [0.2, 0.25) is 5.02 Å². The number of carbonyl (C=O) groups excluding carboxylic acids is 2. The predicted octanol–water partition coefficient (Wildman–Crippen LogP) is 5.05. The summed E-state index contributed by atoms with van der Waals surface area (Å²) >= 11 is 5.92. The molecule has 144 valence electrons. The number of urea groups is 1. The molecular weight excluding hydrogens is 362 g/mol. The van der Waals surface area contributed by atoms with Gasteiger partial charge in [-0.2, -0.15) is 0 Å². The molecule has 0 aliphatic heterocycles. The van der Waals surface area contributed by atoms with Crippen LogP contribution in [0.4, 0.5) is 10.5 Å². The Bertz CT molecular complexity index is 771. The molecule has 1 atom stereocenters. The third-order valence-corrected chi connectivity index (χ3v) is 4.94. The predicted molar refractivity (Wildman–Crippen MR) is 110 cm³/mol. The van der Waals surface area contributed by atoms with Crippen LogP contribution in [0.1, 0.15) is 42.7 Å². The highest BCUT2D eigenvalue weighted by Gasteiger charge is 2.18. The van der Waals surface area contributed by atoms with Crippen LogP contribution in [-0.4, -0.2) is 41.9 Å². The second-order valence-electron chi connectivity index (χ2n) is 6.32. The quantitative estimate of drug-likeness (QED) is 0.754. The van der Waals surface area contributed by atoms with Gasteiger partial charge < -0.3 is 15.1 Å². The maximum absolute atomic E-state index is 12.5. The van der Waals surface area contributed by atoms with E-state index in [2.05, 4.69) is 5.32 Å². The van der Waals surface area contributed by atoms with Crippen molar-refractivity contribution in [3.63, 3.8) is 0 Å². The van der Waals surface area contributed by atoms with Crippen LogP contribution in [0, 0.1) is 0 Å². The maximum Gasteiger partial charge on any atom is 0.322 e. The van der Waals surface area contributed by atoms with E-state index in [9.17, 15) is 9.59 Å². The van der Waals surface area contributed by atoms with E-state index in [4.69, 9.17) is 11.6 Å². The lowest BCUT2D eigenvalue weighted by Crippen LogP contribution is -2.33. The Morgan fingerprint density at radius 1 is 1.00 bits per heavy atom. The molecule has 2 aromatic rings. The van der Waals surface area contributed by atoms with Gasteiger partial charge in [0.05, 0.1) is 6.04 Å². The summed E-state index contributed by atoms with van der Waals surface area (Å²) in [6, 6.07) is 14.1. The minimum absolute atomic E-state index is 0.00800. The van der Waals surface area contributed by atoms with Crippen molar-refractivity contribution in [3.05, 3.63) is 64.7 Å². The average Bonchev–Trinajstić information content (AvgIpc) is 2.68. The lowest BCUT2D eigenvalue weighted by atomic mass is 10.1. The van der Waals surface area contributed by atoms with Gasteiger partial charge in [-0.25, -0.2) is 4.79 Å². The van der Waals surface area contributed by atoms with E-state index >= 15 is 0 Å². The molecule has 2 aromatic carbocycles. The van der Waals surface area contributed by atoms with Crippen molar-refractivity contribution >= 4 is 29.2 Å². The zero-order valence-electron chi connectivity index (χ0n) is 16.2. The van der Waals surface area contributed by atoms with Crippen molar-refractivity contribution in [2.45, 2.75) is 26.8 Å². The highest BCUT2D eigenvalue weighted by atomic mass is 35.5. The number of carbonyl (C=O) groups is 2. The normalized spacial score (nSPS) is 11.6. The average molecular weight is 388 g/mol. The first-order chi connectivity index (χ1) is 12.9. The Balaban J connectivity index is 2.02. The molecule has 0 heterocycles.